The minimum absolute atomic E-state index is 0.448. The van der Waals surface area contributed by atoms with Crippen LogP contribution in [-0.2, 0) is 17.5 Å². The molecule has 0 aliphatic heterocycles. The quantitative estimate of drug-likeness (QED) is 0.250. The van der Waals surface area contributed by atoms with Gasteiger partial charge in [0.05, 0.1) is 16.6 Å². The summed E-state index contributed by atoms with van der Waals surface area (Å²) in [5.41, 5.74) is 4.35. The molecule has 4 nitrogen and oxygen atoms in total. The lowest BCUT2D eigenvalue weighted by molar-refractivity contribution is 0.399. The van der Waals surface area contributed by atoms with Crippen molar-refractivity contribution in [3.8, 4) is 11.1 Å². The van der Waals surface area contributed by atoms with Gasteiger partial charge in [-0.1, -0.05) is 98.6 Å². The Balaban J connectivity index is 0.000000509. The van der Waals surface area contributed by atoms with Crippen LogP contribution >= 0.6 is 12.2 Å². The Morgan fingerprint density at radius 2 is 1.44 bits per heavy atom. The highest BCUT2D eigenvalue weighted by atomic mass is 32.2. The number of aryl methyl sites for hydroxylation is 1. The number of hydrogen-bond donors (Lipinski definition) is 2. The van der Waals surface area contributed by atoms with E-state index < -0.39 is 11.1 Å². The van der Waals surface area contributed by atoms with Gasteiger partial charge in [0.2, 0.25) is 0 Å². The first-order chi connectivity index (χ1) is 15.5. The van der Waals surface area contributed by atoms with Crippen molar-refractivity contribution in [3.63, 3.8) is 0 Å². The van der Waals surface area contributed by atoms with Crippen LogP contribution in [0.5, 0.6) is 0 Å². The zero-order valence-electron chi connectivity index (χ0n) is 19.2. The standard InChI is InChI=1S/C12H10O2S.C10H11NS.C3H8.CH4O/c13-15(14)12-9-5-4-8-11(12)10-6-2-1-3-7-10;1-9-2-4-10(5-3-9)6-7-11-8-12;1-3-2;1-2/h1-9H,(H,13,14);2-5H,6-7H2,1H3;3H2,1-2H3;2H,1H3. The molecule has 3 aromatic carbocycles. The Morgan fingerprint density at radius 1 is 0.906 bits per heavy atom. The highest BCUT2D eigenvalue weighted by Crippen LogP contribution is 2.25. The summed E-state index contributed by atoms with van der Waals surface area (Å²) in [6, 6.07) is 25.2. The second-order valence-corrected chi connectivity index (χ2v) is 7.65. The fraction of sp³-hybridized carbons (Fsp3) is 0.269. The molecular formula is C26H33NO3S2. The molecular weight excluding hydrogens is 438 g/mol. The molecule has 0 aromatic heterocycles. The van der Waals surface area contributed by atoms with Gasteiger partial charge in [-0.15, -0.1) is 0 Å². The lowest BCUT2D eigenvalue weighted by Crippen LogP contribution is -1.91. The maximum absolute atomic E-state index is 11.1. The van der Waals surface area contributed by atoms with Gasteiger partial charge >= 0.3 is 0 Å². The van der Waals surface area contributed by atoms with Gasteiger partial charge in [-0.05, 0) is 42.8 Å². The van der Waals surface area contributed by atoms with Gasteiger partial charge in [0.15, 0.2) is 11.1 Å². The van der Waals surface area contributed by atoms with Gasteiger partial charge in [0.1, 0.15) is 0 Å². The van der Waals surface area contributed by atoms with E-state index in [0.29, 0.717) is 4.90 Å². The molecule has 0 heterocycles. The van der Waals surface area contributed by atoms with E-state index in [1.54, 1.807) is 12.1 Å². The number of isothiocyanates is 1. The smallest absolute Gasteiger partial charge is 0.187 e. The van der Waals surface area contributed by atoms with Crippen molar-refractivity contribution in [2.45, 2.75) is 38.5 Å². The normalized spacial score (nSPS) is 9.94. The summed E-state index contributed by atoms with van der Waals surface area (Å²) >= 11 is 2.53. The zero-order valence-corrected chi connectivity index (χ0v) is 20.8. The number of aliphatic imine (C=N–C) groups is 1. The van der Waals surface area contributed by atoms with Gasteiger partial charge in [0.25, 0.3) is 0 Å². The summed E-state index contributed by atoms with van der Waals surface area (Å²) in [7, 11) is 1.00. The summed E-state index contributed by atoms with van der Waals surface area (Å²) in [6.07, 6.45) is 2.20. The molecule has 0 bridgehead atoms. The molecule has 0 radical (unpaired) electrons. The topological polar surface area (TPSA) is 69.9 Å². The van der Waals surface area contributed by atoms with E-state index >= 15 is 0 Å². The molecule has 3 aromatic rings. The Kier molecular flexibility index (Phi) is 17.7. The zero-order chi connectivity index (χ0) is 24.2. The van der Waals surface area contributed by atoms with Crippen LogP contribution < -0.4 is 0 Å². The minimum atomic E-state index is -1.94. The molecule has 1 atom stereocenters. The van der Waals surface area contributed by atoms with Crippen LogP contribution in [0.3, 0.4) is 0 Å². The van der Waals surface area contributed by atoms with E-state index in [9.17, 15) is 4.21 Å². The lowest BCUT2D eigenvalue weighted by Gasteiger charge is -2.05. The van der Waals surface area contributed by atoms with Crippen LogP contribution in [0.4, 0.5) is 0 Å². The van der Waals surface area contributed by atoms with E-state index in [1.807, 2.05) is 42.5 Å². The average Bonchev–Trinajstić information content (AvgIpc) is 2.83. The molecule has 0 saturated carbocycles. The second kappa shape index (κ2) is 19.2. The highest BCUT2D eigenvalue weighted by Gasteiger charge is 2.07. The summed E-state index contributed by atoms with van der Waals surface area (Å²) in [6.45, 7) is 7.07. The monoisotopic (exact) mass is 471 g/mol. The molecule has 6 heteroatoms. The molecule has 32 heavy (non-hydrogen) atoms. The Bertz CT molecular complexity index is 939. The van der Waals surface area contributed by atoms with Gasteiger partial charge in [0, 0.05) is 12.7 Å². The van der Waals surface area contributed by atoms with Crippen molar-refractivity contribution in [2.75, 3.05) is 13.7 Å². The summed E-state index contributed by atoms with van der Waals surface area (Å²) in [4.78, 5) is 4.30. The van der Waals surface area contributed by atoms with Crippen LogP contribution in [-0.4, -0.2) is 32.7 Å². The number of benzene rings is 3. The summed E-state index contributed by atoms with van der Waals surface area (Å²) in [5, 5.41) is 9.36. The summed E-state index contributed by atoms with van der Waals surface area (Å²) in [5.74, 6) is 0. The Labute approximate surface area is 200 Å². The van der Waals surface area contributed by atoms with Crippen LogP contribution in [0, 0.1) is 6.92 Å². The molecule has 3 rings (SSSR count). The molecule has 0 fully saturated rings. The highest BCUT2D eigenvalue weighted by molar-refractivity contribution is 7.79. The predicted molar refractivity (Wildman–Crippen MR) is 140 cm³/mol. The van der Waals surface area contributed by atoms with E-state index in [2.05, 4.69) is 67.4 Å². The molecule has 172 valence electrons. The number of aliphatic hydroxyl groups is 1. The van der Waals surface area contributed by atoms with Crippen LogP contribution in [0.2, 0.25) is 0 Å². The van der Waals surface area contributed by atoms with Crippen molar-refractivity contribution < 1.29 is 13.9 Å². The van der Waals surface area contributed by atoms with Crippen molar-refractivity contribution in [1.29, 1.82) is 0 Å². The van der Waals surface area contributed by atoms with E-state index in [0.717, 1.165) is 31.2 Å². The first-order valence-corrected chi connectivity index (χ1v) is 11.8. The van der Waals surface area contributed by atoms with Crippen molar-refractivity contribution in [3.05, 3.63) is 90.0 Å². The maximum atomic E-state index is 11.1. The average molecular weight is 472 g/mol. The van der Waals surface area contributed by atoms with Crippen LogP contribution in [0.25, 0.3) is 11.1 Å². The van der Waals surface area contributed by atoms with Gasteiger partial charge in [-0.25, -0.2) is 9.20 Å². The number of hydrogen-bond acceptors (Lipinski definition) is 4. The SMILES string of the molecule is CCC.CO.Cc1ccc(CCN=C=S)cc1.O=S(O)c1ccccc1-c1ccccc1. The summed E-state index contributed by atoms with van der Waals surface area (Å²) < 4.78 is 20.2. The van der Waals surface area contributed by atoms with E-state index in [1.165, 1.54) is 17.5 Å². The second-order valence-electron chi connectivity index (χ2n) is 6.53. The molecule has 0 aliphatic rings. The van der Waals surface area contributed by atoms with Crippen LogP contribution in [0.1, 0.15) is 31.4 Å². The van der Waals surface area contributed by atoms with E-state index in [4.69, 9.17) is 9.66 Å². The lowest BCUT2D eigenvalue weighted by atomic mass is 10.1. The van der Waals surface area contributed by atoms with E-state index in [-0.39, 0.29) is 0 Å². The Hall–Kier alpha value is -2.47. The maximum Gasteiger partial charge on any atom is 0.187 e. The fourth-order valence-electron chi connectivity index (χ4n) is 2.46. The largest absolute Gasteiger partial charge is 0.400 e. The molecule has 1 unspecified atom stereocenters. The molecule has 2 N–H and O–H groups in total. The first-order valence-electron chi connectivity index (χ1n) is 10.3. The molecule has 0 saturated heterocycles. The van der Waals surface area contributed by atoms with Crippen LogP contribution in [0.15, 0.2) is 88.8 Å². The number of thiocarbonyl (C=S) groups is 1. The fourth-order valence-corrected chi connectivity index (χ4v) is 3.12. The molecule has 0 aliphatic carbocycles. The third-order valence-electron chi connectivity index (χ3n) is 3.86. The van der Waals surface area contributed by atoms with Gasteiger partial charge < -0.3 is 9.66 Å². The number of aliphatic hydroxyl groups excluding tert-OH is 1. The van der Waals surface area contributed by atoms with Crippen molar-refractivity contribution in [2.24, 2.45) is 4.99 Å². The number of rotatable bonds is 5. The van der Waals surface area contributed by atoms with Gasteiger partial charge in [-0.2, -0.15) is 0 Å². The molecule has 0 spiro atoms. The minimum Gasteiger partial charge on any atom is -0.400 e. The molecule has 0 amide bonds. The van der Waals surface area contributed by atoms with Crippen molar-refractivity contribution >= 4 is 28.5 Å². The Morgan fingerprint density at radius 3 is 1.97 bits per heavy atom. The van der Waals surface area contributed by atoms with Crippen molar-refractivity contribution in [1.82, 2.24) is 0 Å². The third kappa shape index (κ3) is 12.4. The van der Waals surface area contributed by atoms with Gasteiger partial charge in [-0.3, -0.25) is 0 Å². The number of nitrogens with zero attached hydrogens (tertiary/aromatic N) is 1. The predicted octanol–water partition coefficient (Wildman–Crippen LogP) is 6.60. The first kappa shape index (κ1) is 29.5. The third-order valence-corrected chi connectivity index (χ3v) is 4.72.